The third kappa shape index (κ3) is 2.36. The van der Waals surface area contributed by atoms with Crippen LogP contribution < -0.4 is 5.32 Å². The van der Waals surface area contributed by atoms with Crippen LogP contribution in [0.25, 0.3) is 5.70 Å². The first-order chi connectivity index (χ1) is 10.7. The van der Waals surface area contributed by atoms with Crippen LogP contribution in [0.2, 0.25) is 0 Å². The van der Waals surface area contributed by atoms with Gasteiger partial charge in [0.05, 0.1) is 5.54 Å². The molecule has 23 heavy (non-hydrogen) atoms. The molecule has 124 valence electrons. The molecule has 1 aromatic rings. The van der Waals surface area contributed by atoms with Crippen molar-refractivity contribution in [2.75, 3.05) is 0 Å². The Morgan fingerprint density at radius 2 is 1.83 bits per heavy atom. The van der Waals surface area contributed by atoms with Crippen molar-refractivity contribution in [3.8, 4) is 0 Å². The van der Waals surface area contributed by atoms with E-state index in [0.29, 0.717) is 5.92 Å². The van der Waals surface area contributed by atoms with Gasteiger partial charge >= 0.3 is 0 Å². The van der Waals surface area contributed by atoms with Gasteiger partial charge < -0.3 is 5.32 Å². The van der Waals surface area contributed by atoms with Crippen LogP contribution >= 0.6 is 0 Å². The predicted molar refractivity (Wildman–Crippen MR) is 100 cm³/mol. The summed E-state index contributed by atoms with van der Waals surface area (Å²) in [4.78, 5) is 0. The Morgan fingerprint density at radius 3 is 2.43 bits per heavy atom. The number of benzene rings is 1. The zero-order valence-electron chi connectivity index (χ0n) is 15.8. The number of fused-ring (bicyclic) bond motifs is 5. The smallest absolute Gasteiger partial charge is 0.0843 e. The number of nitrogens with one attached hydrogen (secondary N) is 1. The van der Waals surface area contributed by atoms with Crippen molar-refractivity contribution in [3.63, 3.8) is 0 Å². The first-order valence-corrected chi connectivity index (χ1v) is 9.04. The second-order valence-electron chi connectivity index (χ2n) is 8.51. The van der Waals surface area contributed by atoms with Gasteiger partial charge in [-0.3, -0.25) is 0 Å². The Hall–Kier alpha value is -1.50. The third-order valence-corrected chi connectivity index (χ3v) is 5.81. The maximum Gasteiger partial charge on any atom is 0.0843 e. The van der Waals surface area contributed by atoms with E-state index in [-0.39, 0.29) is 11.0 Å². The summed E-state index contributed by atoms with van der Waals surface area (Å²) >= 11 is 0. The van der Waals surface area contributed by atoms with Gasteiger partial charge in [0, 0.05) is 11.3 Å². The van der Waals surface area contributed by atoms with Crippen LogP contribution in [0, 0.1) is 12.8 Å². The van der Waals surface area contributed by atoms with Gasteiger partial charge in [-0.15, -0.1) is 0 Å². The van der Waals surface area contributed by atoms with Gasteiger partial charge in [0.25, 0.3) is 0 Å². The Bertz CT molecular complexity index is 703. The van der Waals surface area contributed by atoms with Gasteiger partial charge in [0.15, 0.2) is 0 Å². The van der Waals surface area contributed by atoms with E-state index >= 15 is 0 Å². The van der Waals surface area contributed by atoms with E-state index in [1.165, 1.54) is 39.9 Å². The molecule has 0 spiro atoms. The maximum absolute atomic E-state index is 3.81. The lowest BCUT2D eigenvalue weighted by atomic mass is 9.73. The molecule has 0 fully saturated rings. The fourth-order valence-electron chi connectivity index (χ4n) is 4.86. The van der Waals surface area contributed by atoms with E-state index in [1.54, 1.807) is 0 Å². The monoisotopic (exact) mass is 309 g/mol. The van der Waals surface area contributed by atoms with Crippen LogP contribution in [-0.4, -0.2) is 0 Å². The lowest BCUT2D eigenvalue weighted by Crippen LogP contribution is -2.38. The highest BCUT2D eigenvalue weighted by Crippen LogP contribution is 2.48. The van der Waals surface area contributed by atoms with Crippen LogP contribution in [0.3, 0.4) is 0 Å². The van der Waals surface area contributed by atoms with E-state index in [2.05, 4.69) is 78.1 Å². The minimum absolute atomic E-state index is 0.0187. The molecule has 1 heteroatoms. The van der Waals surface area contributed by atoms with Gasteiger partial charge in [-0.25, -0.2) is 0 Å². The molecule has 2 heterocycles. The summed E-state index contributed by atoms with van der Waals surface area (Å²) in [6.45, 7) is 16.3. The number of dihydropyridines is 1. The third-order valence-electron chi connectivity index (χ3n) is 5.81. The Labute approximate surface area is 141 Å². The molecule has 2 aliphatic heterocycles. The van der Waals surface area contributed by atoms with Gasteiger partial charge in [-0.05, 0) is 72.4 Å². The standard InChI is InChI=1S/C22H31N/c1-8-22-16(5)9-10-20(23-22)17-12-18(15(4)11-19(17)22)21(6,7)13-14(2)3/h9-12,14,23H,8,13H2,1-7H3. The van der Waals surface area contributed by atoms with Crippen LogP contribution in [0.1, 0.15) is 76.6 Å². The van der Waals surface area contributed by atoms with Crippen molar-refractivity contribution < 1.29 is 0 Å². The minimum atomic E-state index is 0.0187. The van der Waals surface area contributed by atoms with Crippen molar-refractivity contribution >= 4 is 5.70 Å². The molecule has 0 radical (unpaired) electrons. The number of rotatable bonds is 4. The normalized spacial score (nSPS) is 22.6. The van der Waals surface area contributed by atoms with Gasteiger partial charge in [0.1, 0.15) is 0 Å². The summed E-state index contributed by atoms with van der Waals surface area (Å²) in [5, 5.41) is 3.81. The van der Waals surface area contributed by atoms with E-state index < -0.39 is 0 Å². The summed E-state index contributed by atoms with van der Waals surface area (Å²) in [7, 11) is 0. The summed E-state index contributed by atoms with van der Waals surface area (Å²) in [6.07, 6.45) is 6.86. The van der Waals surface area contributed by atoms with Gasteiger partial charge in [-0.2, -0.15) is 0 Å². The molecule has 0 saturated heterocycles. The molecule has 0 saturated carbocycles. The zero-order chi connectivity index (χ0) is 17.0. The maximum atomic E-state index is 3.81. The molecule has 1 unspecified atom stereocenters. The molecule has 1 aromatic carbocycles. The lowest BCUT2D eigenvalue weighted by Gasteiger charge is -2.34. The Morgan fingerprint density at radius 1 is 1.13 bits per heavy atom. The number of allylic oxidation sites excluding steroid dienone is 2. The van der Waals surface area contributed by atoms with Crippen LogP contribution in [-0.2, 0) is 11.0 Å². The van der Waals surface area contributed by atoms with Crippen LogP contribution in [0.4, 0.5) is 0 Å². The van der Waals surface area contributed by atoms with Gasteiger partial charge in [-0.1, -0.05) is 46.8 Å². The quantitative estimate of drug-likeness (QED) is 0.738. The fraction of sp³-hybridized carbons (Fsp3) is 0.545. The molecular weight excluding hydrogens is 278 g/mol. The molecule has 1 atom stereocenters. The zero-order valence-corrected chi connectivity index (χ0v) is 15.8. The fourth-order valence-corrected chi connectivity index (χ4v) is 4.86. The highest BCUT2D eigenvalue weighted by atomic mass is 15.0. The van der Waals surface area contributed by atoms with Crippen LogP contribution in [0.15, 0.2) is 29.9 Å². The second-order valence-corrected chi connectivity index (χ2v) is 8.51. The first kappa shape index (κ1) is 16.4. The topological polar surface area (TPSA) is 12.0 Å². The number of hydrogen-bond acceptors (Lipinski definition) is 1. The van der Waals surface area contributed by atoms with Crippen molar-refractivity contribution in [1.82, 2.24) is 5.32 Å². The van der Waals surface area contributed by atoms with Crippen molar-refractivity contribution in [1.29, 1.82) is 0 Å². The number of hydrogen-bond donors (Lipinski definition) is 1. The first-order valence-electron chi connectivity index (χ1n) is 9.04. The van der Waals surface area contributed by atoms with E-state index in [4.69, 9.17) is 0 Å². The largest absolute Gasteiger partial charge is 0.371 e. The molecule has 0 amide bonds. The summed E-state index contributed by atoms with van der Waals surface area (Å²) in [5.41, 5.74) is 8.78. The summed E-state index contributed by atoms with van der Waals surface area (Å²) in [5.74, 6) is 0.708. The van der Waals surface area contributed by atoms with Gasteiger partial charge in [0.2, 0.25) is 0 Å². The Kier molecular flexibility index (Phi) is 3.74. The van der Waals surface area contributed by atoms with Crippen molar-refractivity contribution in [2.24, 2.45) is 5.92 Å². The molecule has 2 bridgehead atoms. The minimum Gasteiger partial charge on any atom is -0.371 e. The molecule has 1 nitrogen and oxygen atoms in total. The average Bonchev–Trinajstić information content (AvgIpc) is 2.71. The lowest BCUT2D eigenvalue weighted by molar-refractivity contribution is 0.397. The van der Waals surface area contributed by atoms with Crippen LogP contribution in [0.5, 0.6) is 0 Å². The van der Waals surface area contributed by atoms with E-state index in [9.17, 15) is 0 Å². The summed E-state index contributed by atoms with van der Waals surface area (Å²) in [6, 6.07) is 4.92. The summed E-state index contributed by atoms with van der Waals surface area (Å²) < 4.78 is 0. The molecule has 2 aliphatic rings. The highest BCUT2D eigenvalue weighted by molar-refractivity contribution is 5.79. The predicted octanol–water partition coefficient (Wildman–Crippen LogP) is 5.83. The van der Waals surface area contributed by atoms with Crippen molar-refractivity contribution in [3.05, 3.63) is 52.1 Å². The van der Waals surface area contributed by atoms with E-state index in [0.717, 1.165) is 6.42 Å². The molecule has 1 N–H and O–H groups in total. The number of aryl methyl sites for hydroxylation is 1. The molecule has 0 aromatic heterocycles. The molecular formula is C22H31N. The average molecular weight is 309 g/mol. The van der Waals surface area contributed by atoms with Crippen molar-refractivity contribution in [2.45, 2.75) is 72.3 Å². The molecule has 0 aliphatic carbocycles. The second kappa shape index (κ2) is 5.26. The Balaban J connectivity index is 2.16. The molecule has 3 rings (SSSR count). The van der Waals surface area contributed by atoms with E-state index in [1.807, 2.05) is 0 Å². The SMILES string of the molecule is CCC12NC(=CC=C1C)c1cc(C(C)(C)CC(C)C)c(C)cc12. The highest BCUT2D eigenvalue weighted by Gasteiger charge is 2.43.